The molecule has 2 aliphatic rings. The predicted molar refractivity (Wildman–Crippen MR) is 96.5 cm³/mol. The van der Waals surface area contributed by atoms with Gasteiger partial charge in [-0.25, -0.2) is 18.4 Å². The van der Waals surface area contributed by atoms with Gasteiger partial charge in [-0.2, -0.15) is 0 Å². The number of sulfonamides is 1. The smallest absolute Gasteiger partial charge is 0.339 e. The highest BCUT2D eigenvalue weighted by Gasteiger charge is 2.48. The number of esters is 1. The molecule has 2 aromatic rings. The van der Waals surface area contributed by atoms with Crippen LogP contribution in [-0.4, -0.2) is 38.3 Å². The third kappa shape index (κ3) is 3.00. The second-order valence-electron chi connectivity index (χ2n) is 6.83. The topological polar surface area (TPSA) is 107 Å². The lowest BCUT2D eigenvalue weighted by molar-refractivity contribution is -0.0442. The molecule has 8 heteroatoms. The molecule has 2 aliphatic heterocycles. The molecule has 2 aromatic carbocycles. The largest absolute Gasteiger partial charge is 0.449 e. The number of hydrogen-bond acceptors (Lipinski definition) is 5. The van der Waals surface area contributed by atoms with Gasteiger partial charge in [-0.05, 0) is 43.2 Å². The standard InChI is InChI=1S/C19H18N2O5S/c20-27(24,25)14-8-6-13(7-9-14)17(22)21-11-3-10-19(12-21)16-5-2-1-4-15(16)18(23)26-19/h1-2,4-9H,3,10-12H2,(H2,20,24,25). The molecule has 7 nitrogen and oxygen atoms in total. The van der Waals surface area contributed by atoms with Crippen LogP contribution in [0.5, 0.6) is 0 Å². The van der Waals surface area contributed by atoms with Gasteiger partial charge in [-0.15, -0.1) is 0 Å². The highest BCUT2D eigenvalue weighted by molar-refractivity contribution is 7.89. The molecule has 1 atom stereocenters. The third-order valence-electron chi connectivity index (χ3n) is 5.10. The summed E-state index contributed by atoms with van der Waals surface area (Å²) in [6.45, 7) is 0.808. The fraction of sp³-hybridized carbons (Fsp3) is 0.263. The van der Waals surface area contributed by atoms with Crippen LogP contribution in [0.25, 0.3) is 0 Å². The molecule has 0 radical (unpaired) electrons. The van der Waals surface area contributed by atoms with Crippen molar-refractivity contribution in [1.29, 1.82) is 0 Å². The number of carbonyl (C=O) groups is 2. The number of amides is 1. The molecule has 1 amide bonds. The lowest BCUT2D eigenvalue weighted by Crippen LogP contribution is -2.48. The number of hydrogen-bond donors (Lipinski definition) is 1. The zero-order valence-corrected chi connectivity index (χ0v) is 15.2. The number of likely N-dealkylation sites (tertiary alicyclic amines) is 1. The van der Waals surface area contributed by atoms with Crippen LogP contribution in [0.1, 0.15) is 39.1 Å². The van der Waals surface area contributed by atoms with Crippen LogP contribution < -0.4 is 5.14 Å². The van der Waals surface area contributed by atoms with Crippen molar-refractivity contribution in [2.24, 2.45) is 5.14 Å². The SMILES string of the molecule is NS(=O)(=O)c1ccc(C(=O)N2CCCC3(C2)OC(=O)c2ccccc23)cc1. The van der Waals surface area contributed by atoms with Gasteiger partial charge in [0.05, 0.1) is 17.0 Å². The van der Waals surface area contributed by atoms with Crippen molar-refractivity contribution in [2.45, 2.75) is 23.3 Å². The highest BCUT2D eigenvalue weighted by atomic mass is 32.2. The Hall–Kier alpha value is -2.71. The molecule has 1 fully saturated rings. The van der Waals surface area contributed by atoms with Crippen LogP contribution in [0.3, 0.4) is 0 Å². The summed E-state index contributed by atoms with van der Waals surface area (Å²) in [5.74, 6) is -0.604. The molecule has 4 rings (SSSR count). The van der Waals surface area contributed by atoms with Crippen LogP contribution in [0.15, 0.2) is 53.4 Å². The molecule has 1 unspecified atom stereocenters. The van der Waals surface area contributed by atoms with Gasteiger partial charge in [0.15, 0.2) is 5.60 Å². The quantitative estimate of drug-likeness (QED) is 0.790. The Balaban J connectivity index is 1.61. The summed E-state index contributed by atoms with van der Waals surface area (Å²) in [7, 11) is -3.81. The van der Waals surface area contributed by atoms with Crippen molar-refractivity contribution in [3.63, 3.8) is 0 Å². The molecule has 1 saturated heterocycles. The van der Waals surface area contributed by atoms with E-state index < -0.39 is 15.6 Å². The Morgan fingerprint density at radius 2 is 1.81 bits per heavy atom. The number of rotatable bonds is 2. The van der Waals surface area contributed by atoms with Gasteiger partial charge in [0.25, 0.3) is 5.91 Å². The molecule has 2 N–H and O–H groups in total. The predicted octanol–water partition coefficient (Wildman–Crippen LogP) is 1.64. The Morgan fingerprint density at radius 3 is 2.52 bits per heavy atom. The summed E-state index contributed by atoms with van der Waals surface area (Å²) in [4.78, 5) is 26.7. The third-order valence-corrected chi connectivity index (χ3v) is 6.03. The van der Waals surface area contributed by atoms with Crippen molar-refractivity contribution in [3.05, 3.63) is 65.2 Å². The zero-order chi connectivity index (χ0) is 19.2. The molecular formula is C19H18N2O5S. The number of carbonyl (C=O) groups excluding carboxylic acids is 2. The minimum atomic E-state index is -3.81. The second kappa shape index (κ2) is 6.17. The van der Waals surface area contributed by atoms with Crippen molar-refractivity contribution >= 4 is 21.9 Å². The average molecular weight is 386 g/mol. The van der Waals surface area contributed by atoms with Crippen molar-refractivity contribution < 1.29 is 22.7 Å². The number of ether oxygens (including phenoxy) is 1. The number of benzene rings is 2. The Bertz CT molecular complexity index is 1030. The van der Waals surface area contributed by atoms with E-state index in [9.17, 15) is 18.0 Å². The van der Waals surface area contributed by atoms with Crippen molar-refractivity contribution in [1.82, 2.24) is 4.90 Å². The number of nitrogens with two attached hydrogens (primary N) is 1. The molecule has 2 heterocycles. The van der Waals surface area contributed by atoms with E-state index in [0.29, 0.717) is 30.5 Å². The summed E-state index contributed by atoms with van der Waals surface area (Å²) in [5, 5.41) is 5.09. The molecule has 0 bridgehead atoms. The Labute approximate surface area is 156 Å². The minimum absolute atomic E-state index is 0.0483. The Kier molecular flexibility index (Phi) is 4.05. The lowest BCUT2D eigenvalue weighted by atomic mass is 9.85. The lowest BCUT2D eigenvalue weighted by Gasteiger charge is -2.39. The first-order valence-electron chi connectivity index (χ1n) is 8.55. The van der Waals surface area contributed by atoms with Gasteiger partial charge >= 0.3 is 5.97 Å². The monoisotopic (exact) mass is 386 g/mol. The number of fused-ring (bicyclic) bond motifs is 2. The van der Waals surface area contributed by atoms with E-state index in [2.05, 4.69) is 0 Å². The van der Waals surface area contributed by atoms with Gasteiger partial charge in [-0.3, -0.25) is 4.79 Å². The van der Waals surface area contributed by atoms with Crippen LogP contribution in [0.2, 0.25) is 0 Å². The van der Waals surface area contributed by atoms with Gasteiger partial charge in [0, 0.05) is 17.7 Å². The first kappa shape index (κ1) is 17.7. The zero-order valence-electron chi connectivity index (χ0n) is 14.4. The van der Waals surface area contributed by atoms with E-state index in [-0.39, 0.29) is 23.3 Å². The highest BCUT2D eigenvalue weighted by Crippen LogP contribution is 2.42. The fourth-order valence-electron chi connectivity index (χ4n) is 3.81. The Morgan fingerprint density at radius 1 is 1.11 bits per heavy atom. The molecule has 0 aliphatic carbocycles. The first-order valence-corrected chi connectivity index (χ1v) is 10.1. The van der Waals surface area contributed by atoms with E-state index in [0.717, 1.165) is 5.56 Å². The van der Waals surface area contributed by atoms with Gasteiger partial charge in [-0.1, -0.05) is 18.2 Å². The van der Waals surface area contributed by atoms with E-state index in [1.54, 1.807) is 17.0 Å². The van der Waals surface area contributed by atoms with Crippen LogP contribution in [-0.2, 0) is 20.4 Å². The fourth-order valence-corrected chi connectivity index (χ4v) is 4.33. The van der Waals surface area contributed by atoms with E-state index >= 15 is 0 Å². The molecule has 1 spiro atoms. The summed E-state index contributed by atoms with van der Waals surface area (Å²) >= 11 is 0. The minimum Gasteiger partial charge on any atom is -0.449 e. The van der Waals surface area contributed by atoms with Crippen LogP contribution >= 0.6 is 0 Å². The van der Waals surface area contributed by atoms with E-state index in [4.69, 9.17) is 9.88 Å². The molecule has 27 heavy (non-hydrogen) atoms. The van der Waals surface area contributed by atoms with Gasteiger partial charge in [0.2, 0.25) is 10.0 Å². The normalized spacial score (nSPS) is 21.8. The second-order valence-corrected chi connectivity index (χ2v) is 8.39. The molecule has 0 saturated carbocycles. The van der Waals surface area contributed by atoms with Crippen LogP contribution in [0.4, 0.5) is 0 Å². The van der Waals surface area contributed by atoms with Gasteiger partial charge < -0.3 is 9.64 Å². The maximum Gasteiger partial charge on any atom is 0.339 e. The average Bonchev–Trinajstić information content (AvgIpc) is 2.92. The maximum absolute atomic E-state index is 12.9. The van der Waals surface area contributed by atoms with E-state index in [1.807, 2.05) is 12.1 Å². The number of primary sulfonamides is 1. The van der Waals surface area contributed by atoms with E-state index in [1.165, 1.54) is 24.3 Å². The molecular weight excluding hydrogens is 368 g/mol. The first-order chi connectivity index (χ1) is 12.8. The maximum atomic E-state index is 12.9. The summed E-state index contributed by atoms with van der Waals surface area (Å²) in [6, 6.07) is 12.8. The summed E-state index contributed by atoms with van der Waals surface area (Å²) in [6.07, 6.45) is 1.35. The molecule has 0 aromatic heterocycles. The number of piperidine rings is 1. The summed E-state index contributed by atoms with van der Waals surface area (Å²) < 4.78 is 28.4. The van der Waals surface area contributed by atoms with Crippen molar-refractivity contribution in [2.75, 3.05) is 13.1 Å². The number of nitrogens with zero attached hydrogens (tertiary/aromatic N) is 1. The van der Waals surface area contributed by atoms with Gasteiger partial charge in [0.1, 0.15) is 0 Å². The van der Waals surface area contributed by atoms with Crippen molar-refractivity contribution in [3.8, 4) is 0 Å². The molecule has 140 valence electrons. The summed E-state index contributed by atoms with van der Waals surface area (Å²) in [5.41, 5.74) is 0.903. The van der Waals surface area contributed by atoms with Crippen LogP contribution in [0, 0.1) is 0 Å².